The quantitative estimate of drug-likeness (QED) is 0.816. The Morgan fingerprint density at radius 1 is 1.40 bits per heavy atom. The van der Waals surface area contributed by atoms with Gasteiger partial charge in [-0.05, 0) is 38.2 Å². The average molecular weight is 294 g/mol. The van der Waals surface area contributed by atoms with E-state index in [1.165, 1.54) is 0 Å². The van der Waals surface area contributed by atoms with Crippen molar-refractivity contribution in [3.8, 4) is 0 Å². The average Bonchev–Trinajstić information content (AvgIpc) is 2.72. The van der Waals surface area contributed by atoms with Gasteiger partial charge >= 0.3 is 0 Å². The van der Waals surface area contributed by atoms with E-state index in [2.05, 4.69) is 17.5 Å². The van der Waals surface area contributed by atoms with E-state index in [0.717, 1.165) is 17.0 Å². The van der Waals surface area contributed by atoms with E-state index < -0.39 is 6.10 Å². The van der Waals surface area contributed by atoms with Crippen LogP contribution in [0.1, 0.15) is 12.0 Å². The molecule has 20 heavy (non-hydrogen) atoms. The van der Waals surface area contributed by atoms with E-state index in [-0.39, 0.29) is 11.9 Å². The third-order valence-corrected chi connectivity index (χ3v) is 3.88. The zero-order valence-electron chi connectivity index (χ0n) is 12.0. The Bertz CT molecular complexity index is 461. The van der Waals surface area contributed by atoms with Crippen molar-refractivity contribution in [2.75, 3.05) is 27.2 Å². The van der Waals surface area contributed by atoms with Crippen molar-refractivity contribution in [3.05, 3.63) is 29.8 Å². The third-order valence-electron chi connectivity index (χ3n) is 3.58. The van der Waals surface area contributed by atoms with Gasteiger partial charge in [-0.25, -0.2) is 0 Å². The van der Waals surface area contributed by atoms with Gasteiger partial charge < -0.3 is 14.9 Å². The fourth-order valence-corrected chi connectivity index (χ4v) is 2.83. The fraction of sp³-hybridized carbons (Fsp3) is 0.533. The lowest BCUT2D eigenvalue weighted by molar-refractivity contribution is -0.131. The molecule has 1 aromatic rings. The van der Waals surface area contributed by atoms with Crippen molar-refractivity contribution in [3.63, 3.8) is 0 Å². The third kappa shape index (κ3) is 3.98. The first-order valence-electron chi connectivity index (χ1n) is 6.86. The highest BCUT2D eigenvalue weighted by Gasteiger charge is 2.34. The van der Waals surface area contributed by atoms with E-state index in [1.54, 1.807) is 0 Å². The number of benzene rings is 1. The first-order valence-corrected chi connectivity index (χ1v) is 7.30. The van der Waals surface area contributed by atoms with Crippen molar-refractivity contribution in [1.29, 1.82) is 0 Å². The molecule has 1 aromatic carbocycles. The molecule has 1 aliphatic heterocycles. The lowest BCUT2D eigenvalue weighted by Crippen LogP contribution is -2.42. The lowest BCUT2D eigenvalue weighted by Gasteiger charge is -2.27. The maximum absolute atomic E-state index is 12.4. The number of hydrogen-bond acceptors (Lipinski definition) is 4. The highest BCUT2D eigenvalue weighted by Crippen LogP contribution is 2.20. The molecule has 5 heteroatoms. The molecule has 1 N–H and O–H groups in total. The molecular weight excluding hydrogens is 272 g/mol. The summed E-state index contributed by atoms with van der Waals surface area (Å²) in [5.41, 5.74) is 0.984. The van der Waals surface area contributed by atoms with Gasteiger partial charge in [0.15, 0.2) is 0 Å². The Balaban J connectivity index is 2.01. The molecule has 0 aliphatic carbocycles. The number of likely N-dealkylation sites (N-methyl/N-ethyl adjacent to an activating group) is 1. The summed E-state index contributed by atoms with van der Waals surface area (Å²) in [5, 5.41) is 9.81. The number of aliphatic hydroxyl groups excluding tert-OH is 1. The van der Waals surface area contributed by atoms with Crippen molar-refractivity contribution in [2.45, 2.75) is 29.9 Å². The maximum atomic E-state index is 12.4. The summed E-state index contributed by atoms with van der Waals surface area (Å²) in [6.45, 7) is 1.24. The molecular formula is C15H22N2O2S. The van der Waals surface area contributed by atoms with Gasteiger partial charge in [0.2, 0.25) is 5.91 Å². The number of rotatable bonds is 4. The maximum Gasteiger partial charge on any atom is 0.227 e. The predicted molar refractivity (Wildman–Crippen MR) is 82.1 cm³/mol. The smallest absolute Gasteiger partial charge is 0.227 e. The van der Waals surface area contributed by atoms with E-state index in [0.29, 0.717) is 19.4 Å². The summed E-state index contributed by atoms with van der Waals surface area (Å²) in [7, 11) is 3.97. The Labute approximate surface area is 125 Å². The van der Waals surface area contributed by atoms with Crippen LogP contribution in [-0.4, -0.2) is 60.1 Å². The number of amides is 1. The first-order chi connectivity index (χ1) is 9.45. The Kier molecular flexibility index (Phi) is 5.07. The van der Waals surface area contributed by atoms with Gasteiger partial charge in [-0.3, -0.25) is 4.79 Å². The molecule has 4 nitrogen and oxygen atoms in total. The van der Waals surface area contributed by atoms with Crippen LogP contribution < -0.4 is 0 Å². The van der Waals surface area contributed by atoms with Crippen molar-refractivity contribution in [1.82, 2.24) is 9.80 Å². The summed E-state index contributed by atoms with van der Waals surface area (Å²) >= 11 is 4.24. The zero-order chi connectivity index (χ0) is 14.7. The molecule has 0 saturated carbocycles. The second kappa shape index (κ2) is 6.61. The SMILES string of the molecule is CN(C)CC1CC(O)CN1C(=O)Cc1ccc(S)cc1. The van der Waals surface area contributed by atoms with Gasteiger partial charge in [0.25, 0.3) is 0 Å². The summed E-state index contributed by atoms with van der Waals surface area (Å²) < 4.78 is 0. The van der Waals surface area contributed by atoms with E-state index in [4.69, 9.17) is 0 Å². The van der Waals surface area contributed by atoms with Crippen molar-refractivity contribution < 1.29 is 9.90 Å². The standard InChI is InChI=1S/C15H22N2O2S/c1-16(2)9-12-8-13(18)10-17(12)15(19)7-11-3-5-14(20)6-4-11/h3-6,12-13,18,20H,7-10H2,1-2H3. The predicted octanol–water partition coefficient (Wildman–Crippen LogP) is 1.04. The normalized spacial score (nSPS) is 22.6. The van der Waals surface area contributed by atoms with Gasteiger partial charge in [0.1, 0.15) is 0 Å². The van der Waals surface area contributed by atoms with Crippen LogP contribution in [0.15, 0.2) is 29.2 Å². The van der Waals surface area contributed by atoms with E-state index >= 15 is 0 Å². The van der Waals surface area contributed by atoms with Crippen LogP contribution in [0, 0.1) is 0 Å². The molecule has 2 atom stereocenters. The van der Waals surface area contributed by atoms with Gasteiger partial charge in [0, 0.05) is 24.0 Å². The molecule has 110 valence electrons. The van der Waals surface area contributed by atoms with Crippen LogP contribution in [0.5, 0.6) is 0 Å². The molecule has 0 spiro atoms. The molecule has 1 amide bonds. The number of carbonyl (C=O) groups is 1. The minimum atomic E-state index is -0.399. The molecule has 1 saturated heterocycles. The van der Waals surface area contributed by atoms with Gasteiger partial charge in [-0.2, -0.15) is 0 Å². The fourth-order valence-electron chi connectivity index (χ4n) is 2.68. The Morgan fingerprint density at radius 2 is 2.05 bits per heavy atom. The molecule has 0 aromatic heterocycles. The minimum absolute atomic E-state index is 0.0836. The second-order valence-corrected chi connectivity index (χ2v) is 6.21. The number of carbonyl (C=O) groups excluding carboxylic acids is 1. The molecule has 2 unspecified atom stereocenters. The Morgan fingerprint density at radius 3 is 2.65 bits per heavy atom. The van der Waals surface area contributed by atoms with E-state index in [1.807, 2.05) is 43.3 Å². The highest BCUT2D eigenvalue weighted by molar-refractivity contribution is 7.80. The van der Waals surface area contributed by atoms with Crippen molar-refractivity contribution >= 4 is 18.5 Å². The van der Waals surface area contributed by atoms with Crippen LogP contribution in [0.3, 0.4) is 0 Å². The molecule has 1 heterocycles. The van der Waals surface area contributed by atoms with Crippen LogP contribution >= 0.6 is 12.6 Å². The van der Waals surface area contributed by atoms with E-state index in [9.17, 15) is 9.90 Å². The molecule has 2 rings (SSSR count). The summed E-state index contributed by atoms with van der Waals surface area (Å²) in [5.74, 6) is 0.0836. The van der Waals surface area contributed by atoms with Gasteiger partial charge in [-0.1, -0.05) is 12.1 Å². The van der Waals surface area contributed by atoms with Crippen LogP contribution in [-0.2, 0) is 11.2 Å². The Hall–Kier alpha value is -1.04. The van der Waals surface area contributed by atoms with Crippen LogP contribution in [0.2, 0.25) is 0 Å². The number of β-amino-alcohol motifs (C(OH)–C–C–N with tert-alkyl or cyclic N) is 1. The van der Waals surface area contributed by atoms with Gasteiger partial charge in [-0.15, -0.1) is 12.6 Å². The molecule has 0 radical (unpaired) electrons. The number of likely N-dealkylation sites (tertiary alicyclic amines) is 1. The van der Waals surface area contributed by atoms with Crippen LogP contribution in [0.4, 0.5) is 0 Å². The number of aliphatic hydroxyl groups is 1. The van der Waals surface area contributed by atoms with Crippen LogP contribution in [0.25, 0.3) is 0 Å². The molecule has 1 fully saturated rings. The number of hydrogen-bond donors (Lipinski definition) is 2. The number of nitrogens with zero attached hydrogens (tertiary/aromatic N) is 2. The summed E-state index contributed by atoms with van der Waals surface area (Å²) in [6.07, 6.45) is 0.647. The second-order valence-electron chi connectivity index (χ2n) is 5.69. The zero-order valence-corrected chi connectivity index (χ0v) is 12.9. The largest absolute Gasteiger partial charge is 0.391 e. The monoisotopic (exact) mass is 294 g/mol. The topological polar surface area (TPSA) is 43.8 Å². The number of thiol groups is 1. The summed E-state index contributed by atoms with van der Waals surface area (Å²) in [6, 6.07) is 7.74. The van der Waals surface area contributed by atoms with Gasteiger partial charge in [0.05, 0.1) is 12.5 Å². The summed E-state index contributed by atoms with van der Waals surface area (Å²) in [4.78, 5) is 17.2. The minimum Gasteiger partial charge on any atom is -0.391 e. The molecule has 1 aliphatic rings. The lowest BCUT2D eigenvalue weighted by atomic mass is 10.1. The molecule has 0 bridgehead atoms. The first kappa shape index (κ1) is 15.4. The van der Waals surface area contributed by atoms with Crippen molar-refractivity contribution in [2.24, 2.45) is 0 Å². The highest BCUT2D eigenvalue weighted by atomic mass is 32.1.